The molecular weight excluding hydrogens is 311 g/mol. The number of rotatable bonds is 1. The molecule has 2 N–H and O–H groups in total. The number of phenols is 2. The first-order valence-corrected chi connectivity index (χ1v) is 9.04. The van der Waals surface area contributed by atoms with E-state index >= 15 is 0 Å². The van der Waals surface area contributed by atoms with Crippen molar-refractivity contribution in [2.24, 2.45) is 0 Å². The summed E-state index contributed by atoms with van der Waals surface area (Å²) in [5.41, 5.74) is 1.93. The van der Waals surface area contributed by atoms with E-state index < -0.39 is 7.37 Å². The van der Waals surface area contributed by atoms with Crippen molar-refractivity contribution < 1.29 is 19.3 Å². The normalized spacial score (nSPS) is 22.3. The van der Waals surface area contributed by atoms with E-state index in [2.05, 4.69) is 0 Å². The second-order valence-electron chi connectivity index (χ2n) is 5.62. The highest BCUT2D eigenvalue weighted by Crippen LogP contribution is 2.63. The van der Waals surface area contributed by atoms with Crippen molar-refractivity contribution in [3.05, 3.63) is 65.5 Å². The zero-order valence-electron chi connectivity index (χ0n) is 12.3. The van der Waals surface area contributed by atoms with E-state index in [9.17, 15) is 14.8 Å². The van der Waals surface area contributed by atoms with Crippen LogP contribution < -0.4 is 9.83 Å². The third-order valence-corrected chi connectivity index (χ3v) is 6.68. The summed E-state index contributed by atoms with van der Waals surface area (Å²) in [5, 5.41) is 20.7. The molecule has 116 valence electrons. The zero-order valence-corrected chi connectivity index (χ0v) is 13.2. The Morgan fingerprint density at radius 2 is 1.91 bits per heavy atom. The van der Waals surface area contributed by atoms with Gasteiger partial charge in [-0.25, -0.2) is 0 Å². The molecule has 1 aliphatic heterocycles. The van der Waals surface area contributed by atoms with Gasteiger partial charge in [-0.1, -0.05) is 30.4 Å². The topological polar surface area (TPSA) is 66.8 Å². The van der Waals surface area contributed by atoms with Gasteiger partial charge in [0, 0.05) is 5.56 Å². The molecule has 0 bridgehead atoms. The van der Waals surface area contributed by atoms with Crippen molar-refractivity contribution in [1.29, 1.82) is 0 Å². The smallest absolute Gasteiger partial charge is 0.310 e. The predicted octanol–water partition coefficient (Wildman–Crippen LogP) is 4.15. The lowest BCUT2D eigenvalue weighted by Crippen LogP contribution is -2.17. The van der Waals surface area contributed by atoms with E-state index in [1.54, 1.807) is 6.07 Å². The van der Waals surface area contributed by atoms with Gasteiger partial charge in [0.05, 0.1) is 10.6 Å². The van der Waals surface area contributed by atoms with E-state index in [-0.39, 0.29) is 16.8 Å². The molecule has 4 rings (SSSR count). The number of phenolic OH excluding ortho intramolecular Hbond substituents is 2. The molecule has 0 amide bonds. The maximum absolute atomic E-state index is 13.7. The summed E-state index contributed by atoms with van der Waals surface area (Å²) in [7, 11) is -3.51. The maximum Gasteiger partial charge on any atom is 0.310 e. The molecule has 0 radical (unpaired) electrons. The van der Waals surface area contributed by atoms with Gasteiger partial charge >= 0.3 is 7.37 Å². The minimum absolute atomic E-state index is 0.0579. The summed E-state index contributed by atoms with van der Waals surface area (Å²) >= 11 is 0. The summed E-state index contributed by atoms with van der Waals surface area (Å²) in [6.07, 6.45) is 5.43. The number of hydrogen-bond donors (Lipinski definition) is 2. The van der Waals surface area contributed by atoms with E-state index in [1.165, 1.54) is 18.2 Å². The van der Waals surface area contributed by atoms with Crippen LogP contribution in [0.25, 0.3) is 5.57 Å². The monoisotopic (exact) mass is 326 g/mol. The summed E-state index contributed by atoms with van der Waals surface area (Å²) in [5.74, 6) is 0.349. The largest absolute Gasteiger partial charge is 0.508 e. The van der Waals surface area contributed by atoms with Crippen LogP contribution in [0.4, 0.5) is 0 Å². The quantitative estimate of drug-likeness (QED) is 0.610. The Hall–Kier alpha value is -2.45. The molecule has 0 aromatic heterocycles. The number of para-hydroxylation sites is 1. The van der Waals surface area contributed by atoms with Gasteiger partial charge in [0.15, 0.2) is 0 Å². The summed E-state index contributed by atoms with van der Waals surface area (Å²) < 4.78 is 19.6. The highest BCUT2D eigenvalue weighted by molar-refractivity contribution is 7.72. The minimum Gasteiger partial charge on any atom is -0.508 e. The van der Waals surface area contributed by atoms with Crippen LogP contribution in [-0.4, -0.2) is 10.2 Å². The Kier molecular flexibility index (Phi) is 3.10. The Morgan fingerprint density at radius 1 is 1.09 bits per heavy atom. The molecule has 4 nitrogen and oxygen atoms in total. The van der Waals surface area contributed by atoms with Crippen molar-refractivity contribution in [3.8, 4) is 17.2 Å². The van der Waals surface area contributed by atoms with E-state index in [0.717, 1.165) is 24.0 Å². The van der Waals surface area contributed by atoms with Crippen LogP contribution in [0.15, 0.2) is 59.9 Å². The van der Waals surface area contributed by atoms with Gasteiger partial charge < -0.3 is 14.7 Å². The van der Waals surface area contributed by atoms with Crippen molar-refractivity contribution in [2.45, 2.75) is 12.8 Å². The average molecular weight is 326 g/mol. The van der Waals surface area contributed by atoms with Gasteiger partial charge in [-0.3, -0.25) is 4.57 Å². The Morgan fingerprint density at radius 3 is 2.78 bits per heavy atom. The van der Waals surface area contributed by atoms with Crippen LogP contribution in [0.1, 0.15) is 18.4 Å². The van der Waals surface area contributed by atoms with Crippen LogP contribution in [0, 0.1) is 0 Å². The number of benzene rings is 2. The van der Waals surface area contributed by atoms with E-state index in [1.807, 2.05) is 30.4 Å². The van der Waals surface area contributed by atoms with Crippen molar-refractivity contribution >= 4 is 18.2 Å². The fraction of sp³-hybridized carbons (Fsp3) is 0.111. The van der Waals surface area contributed by atoms with Gasteiger partial charge in [-0.05, 0) is 42.7 Å². The van der Waals surface area contributed by atoms with Crippen molar-refractivity contribution in [3.63, 3.8) is 0 Å². The molecular formula is C18H15O4P. The van der Waals surface area contributed by atoms with Crippen molar-refractivity contribution in [1.82, 2.24) is 0 Å². The molecule has 1 aliphatic carbocycles. The second-order valence-corrected chi connectivity index (χ2v) is 7.87. The number of aromatic hydroxyl groups is 2. The molecule has 1 unspecified atom stereocenters. The van der Waals surface area contributed by atoms with E-state index in [4.69, 9.17) is 4.52 Å². The first-order chi connectivity index (χ1) is 11.1. The molecule has 2 aliphatic rings. The lowest BCUT2D eigenvalue weighted by atomic mass is 9.96. The summed E-state index contributed by atoms with van der Waals surface area (Å²) in [6, 6.07) is 11.5. The van der Waals surface area contributed by atoms with Gasteiger partial charge in [-0.2, -0.15) is 0 Å². The fourth-order valence-corrected chi connectivity index (χ4v) is 5.57. The maximum atomic E-state index is 13.7. The standard InChI is InChI=1S/C18H15O4P/c19-12-9-10-15(20)18(11-12)23(21)17-8-4-2-6-14(17)13-5-1-3-7-16(13)22-23/h1,3-5,7-11,19-20H,2,6H2. The SMILES string of the molecule is O=P1(c2cc(O)ccc2O)Oc2ccccc2C2=C1C=CCC2. The lowest BCUT2D eigenvalue weighted by molar-refractivity contribution is 0.458. The number of hydrogen-bond acceptors (Lipinski definition) is 4. The van der Waals surface area contributed by atoms with Crippen LogP contribution in [0.3, 0.4) is 0 Å². The van der Waals surface area contributed by atoms with E-state index in [0.29, 0.717) is 11.1 Å². The van der Waals surface area contributed by atoms with Crippen LogP contribution in [-0.2, 0) is 4.57 Å². The lowest BCUT2D eigenvalue weighted by Gasteiger charge is -2.31. The highest BCUT2D eigenvalue weighted by atomic mass is 31.2. The predicted molar refractivity (Wildman–Crippen MR) is 89.4 cm³/mol. The fourth-order valence-electron chi connectivity index (χ4n) is 3.11. The van der Waals surface area contributed by atoms with Gasteiger partial charge in [0.1, 0.15) is 17.2 Å². The molecule has 0 saturated heterocycles. The molecule has 2 aromatic carbocycles. The van der Waals surface area contributed by atoms with Gasteiger partial charge in [0.25, 0.3) is 0 Å². The molecule has 5 heteroatoms. The third-order valence-electron chi connectivity index (χ3n) is 4.18. The highest BCUT2D eigenvalue weighted by Gasteiger charge is 2.41. The first kappa shape index (κ1) is 14.2. The summed E-state index contributed by atoms with van der Waals surface area (Å²) in [6.45, 7) is 0. The van der Waals surface area contributed by atoms with Crippen LogP contribution in [0.2, 0.25) is 0 Å². The average Bonchev–Trinajstić information content (AvgIpc) is 2.57. The molecule has 1 heterocycles. The van der Waals surface area contributed by atoms with Crippen LogP contribution in [0.5, 0.6) is 17.2 Å². The zero-order chi connectivity index (χ0) is 16.0. The van der Waals surface area contributed by atoms with Gasteiger partial charge in [0.2, 0.25) is 0 Å². The molecule has 0 saturated carbocycles. The minimum atomic E-state index is -3.51. The van der Waals surface area contributed by atoms with Crippen LogP contribution >= 0.6 is 7.37 Å². The second kappa shape index (κ2) is 5.04. The number of allylic oxidation sites excluding steroid dienone is 4. The van der Waals surface area contributed by atoms with Crippen molar-refractivity contribution in [2.75, 3.05) is 0 Å². The molecule has 1 atom stereocenters. The molecule has 2 aromatic rings. The third kappa shape index (κ3) is 2.10. The van der Waals surface area contributed by atoms with Gasteiger partial charge in [-0.15, -0.1) is 0 Å². The summed E-state index contributed by atoms with van der Waals surface area (Å²) in [4.78, 5) is 0. The number of fused-ring (bicyclic) bond motifs is 2. The molecule has 0 spiro atoms. The Balaban J connectivity index is 2.01. The molecule has 23 heavy (non-hydrogen) atoms. The Labute approximate surface area is 133 Å². The molecule has 0 fully saturated rings. The Bertz CT molecular complexity index is 911. The first-order valence-electron chi connectivity index (χ1n) is 7.41.